The van der Waals surface area contributed by atoms with Gasteiger partial charge in [-0.15, -0.1) is 0 Å². The number of aromatic nitrogens is 1. The van der Waals surface area contributed by atoms with Crippen molar-refractivity contribution in [3.63, 3.8) is 0 Å². The first-order valence-electron chi connectivity index (χ1n) is 8.93. The highest BCUT2D eigenvalue weighted by molar-refractivity contribution is 7.91. The average molecular weight is 406 g/mol. The van der Waals surface area contributed by atoms with Crippen LogP contribution in [0.2, 0.25) is 0 Å². The van der Waals surface area contributed by atoms with E-state index in [4.69, 9.17) is 8.83 Å². The normalized spacial score (nSPS) is 11.7. The molecule has 29 heavy (non-hydrogen) atoms. The number of nitrogens with one attached hydrogen (secondary N) is 1. The van der Waals surface area contributed by atoms with Crippen molar-refractivity contribution in [1.82, 2.24) is 4.98 Å². The van der Waals surface area contributed by atoms with Crippen LogP contribution in [0.4, 0.5) is 5.88 Å². The summed E-state index contributed by atoms with van der Waals surface area (Å²) in [5.41, 5.74) is 0.952. The number of anilines is 1. The molecule has 2 aromatic heterocycles. The van der Waals surface area contributed by atoms with Gasteiger partial charge >= 0.3 is 0 Å². The summed E-state index contributed by atoms with van der Waals surface area (Å²) in [6.07, 6.45) is 4.99. The Bertz CT molecular complexity index is 1200. The summed E-state index contributed by atoms with van der Waals surface area (Å²) in [5.74, 6) is 0.920. The van der Waals surface area contributed by atoms with Gasteiger partial charge in [0.05, 0.1) is 17.7 Å². The van der Waals surface area contributed by atoms with Gasteiger partial charge in [0.2, 0.25) is 20.8 Å². The number of sulfone groups is 1. The Labute approximate surface area is 168 Å². The van der Waals surface area contributed by atoms with Crippen LogP contribution in [-0.4, -0.2) is 13.4 Å². The Morgan fingerprint density at radius 2 is 1.62 bits per heavy atom. The first-order valence-corrected chi connectivity index (χ1v) is 10.4. The second kappa shape index (κ2) is 8.20. The summed E-state index contributed by atoms with van der Waals surface area (Å²) >= 11 is 0. The van der Waals surface area contributed by atoms with E-state index >= 15 is 0 Å². The Morgan fingerprint density at radius 3 is 2.31 bits per heavy atom. The molecule has 146 valence electrons. The number of benzene rings is 2. The molecule has 0 aliphatic carbocycles. The number of nitrogens with zero attached hydrogens (tertiary/aromatic N) is 1. The minimum atomic E-state index is -3.83. The molecule has 0 unspecified atom stereocenters. The molecule has 7 heteroatoms. The second-order valence-electron chi connectivity index (χ2n) is 6.17. The van der Waals surface area contributed by atoms with Gasteiger partial charge in [-0.25, -0.2) is 8.42 Å². The van der Waals surface area contributed by atoms with Gasteiger partial charge in [0.1, 0.15) is 0 Å². The highest BCUT2D eigenvalue weighted by Gasteiger charge is 2.27. The second-order valence-corrected chi connectivity index (χ2v) is 8.04. The van der Waals surface area contributed by atoms with Crippen molar-refractivity contribution in [2.75, 3.05) is 5.32 Å². The Balaban J connectivity index is 1.69. The first-order chi connectivity index (χ1) is 14.1. The van der Waals surface area contributed by atoms with E-state index in [0.29, 0.717) is 5.88 Å². The summed E-state index contributed by atoms with van der Waals surface area (Å²) in [7, 11) is -3.83. The van der Waals surface area contributed by atoms with Gasteiger partial charge in [0.15, 0.2) is 11.6 Å². The van der Waals surface area contributed by atoms with Crippen LogP contribution in [0, 0.1) is 0 Å². The molecule has 0 saturated carbocycles. The lowest BCUT2D eigenvalue weighted by Crippen LogP contribution is -2.08. The molecular formula is C22H18N2O4S. The predicted octanol–water partition coefficient (Wildman–Crippen LogP) is 4.88. The van der Waals surface area contributed by atoms with Gasteiger partial charge in [-0.2, -0.15) is 4.98 Å². The lowest BCUT2D eigenvalue weighted by Gasteiger charge is -2.04. The molecular weight excluding hydrogens is 388 g/mol. The van der Waals surface area contributed by atoms with Crippen molar-refractivity contribution in [2.24, 2.45) is 0 Å². The number of furan rings is 1. The van der Waals surface area contributed by atoms with E-state index in [1.807, 2.05) is 36.4 Å². The molecule has 2 aromatic carbocycles. The van der Waals surface area contributed by atoms with E-state index in [9.17, 15) is 8.42 Å². The number of hydrogen-bond acceptors (Lipinski definition) is 6. The van der Waals surface area contributed by atoms with E-state index in [1.54, 1.807) is 36.4 Å². The smallest absolute Gasteiger partial charge is 0.227 e. The van der Waals surface area contributed by atoms with E-state index in [2.05, 4.69) is 10.3 Å². The molecule has 4 rings (SSSR count). The van der Waals surface area contributed by atoms with Gasteiger partial charge in [-0.05, 0) is 29.8 Å². The van der Waals surface area contributed by atoms with E-state index < -0.39 is 9.84 Å². The number of hydrogen-bond donors (Lipinski definition) is 1. The summed E-state index contributed by atoms with van der Waals surface area (Å²) < 4.78 is 37.2. The van der Waals surface area contributed by atoms with Crippen molar-refractivity contribution in [2.45, 2.75) is 16.5 Å². The maximum atomic E-state index is 13.1. The molecule has 6 nitrogen and oxygen atoms in total. The highest BCUT2D eigenvalue weighted by Crippen LogP contribution is 2.26. The zero-order valence-corrected chi connectivity index (χ0v) is 16.2. The van der Waals surface area contributed by atoms with Crippen molar-refractivity contribution in [1.29, 1.82) is 0 Å². The summed E-state index contributed by atoms with van der Waals surface area (Å²) in [5, 5.41) is 2.89. The fraction of sp³-hybridized carbons (Fsp3) is 0.0455. The van der Waals surface area contributed by atoms with Crippen molar-refractivity contribution in [3.8, 4) is 0 Å². The molecule has 1 N–H and O–H groups in total. The van der Waals surface area contributed by atoms with Crippen molar-refractivity contribution in [3.05, 3.63) is 96.3 Å². The van der Waals surface area contributed by atoms with E-state index in [1.165, 1.54) is 18.4 Å². The van der Waals surface area contributed by atoms with Crippen molar-refractivity contribution < 1.29 is 17.3 Å². The molecule has 4 aromatic rings. The summed E-state index contributed by atoms with van der Waals surface area (Å²) in [6.45, 7) is 0.112. The van der Waals surface area contributed by atoms with Crippen LogP contribution in [0.5, 0.6) is 0 Å². The highest BCUT2D eigenvalue weighted by atomic mass is 32.2. The van der Waals surface area contributed by atoms with Crippen LogP contribution < -0.4 is 5.32 Å². The summed E-state index contributed by atoms with van der Waals surface area (Å²) in [4.78, 5) is 4.42. The minimum Gasteiger partial charge on any atom is -0.449 e. The molecule has 0 amide bonds. The molecule has 2 heterocycles. The third-order valence-electron chi connectivity index (χ3n) is 4.15. The first kappa shape index (κ1) is 18.8. The van der Waals surface area contributed by atoms with Crippen LogP contribution in [0.1, 0.15) is 17.2 Å². The van der Waals surface area contributed by atoms with Gasteiger partial charge in [-0.1, -0.05) is 48.5 Å². The lowest BCUT2D eigenvalue weighted by atomic mass is 10.2. The SMILES string of the molecule is O=S(=O)(c1ccccc1)c1nc(C=Cc2ccccc2)oc1CNc1ccco1. The maximum Gasteiger partial charge on any atom is 0.227 e. The van der Waals surface area contributed by atoms with Crippen molar-refractivity contribution >= 4 is 27.9 Å². The van der Waals surface area contributed by atoms with E-state index in [0.717, 1.165) is 5.56 Å². The number of rotatable bonds is 7. The molecule has 0 spiro atoms. The van der Waals surface area contributed by atoms with Gasteiger partial charge in [0.25, 0.3) is 0 Å². The topological polar surface area (TPSA) is 85.3 Å². The fourth-order valence-corrected chi connectivity index (χ4v) is 4.10. The third kappa shape index (κ3) is 4.30. The van der Waals surface area contributed by atoms with Crippen LogP contribution >= 0.6 is 0 Å². The monoisotopic (exact) mass is 406 g/mol. The Hall–Kier alpha value is -3.58. The molecule has 0 atom stereocenters. The molecule has 0 aliphatic heterocycles. The molecule has 0 saturated heterocycles. The molecule has 0 bridgehead atoms. The van der Waals surface area contributed by atoms with Crippen LogP contribution in [-0.2, 0) is 16.4 Å². The quantitative estimate of drug-likeness (QED) is 0.471. The molecule has 0 aliphatic rings. The fourth-order valence-electron chi connectivity index (χ4n) is 2.74. The zero-order chi connectivity index (χ0) is 20.1. The Kier molecular flexibility index (Phi) is 5.31. The third-order valence-corrected chi connectivity index (χ3v) is 5.87. The van der Waals surface area contributed by atoms with Gasteiger partial charge < -0.3 is 14.2 Å². The molecule has 0 fully saturated rings. The molecule has 0 radical (unpaired) electrons. The minimum absolute atomic E-state index is 0.112. The lowest BCUT2D eigenvalue weighted by molar-refractivity contribution is 0.491. The van der Waals surface area contributed by atoms with Gasteiger partial charge in [0, 0.05) is 12.1 Å². The van der Waals surface area contributed by atoms with Crippen LogP contribution in [0.25, 0.3) is 12.2 Å². The predicted molar refractivity (Wildman–Crippen MR) is 110 cm³/mol. The standard InChI is InChI=1S/C22H18N2O4S/c25-29(26,18-10-5-2-6-11-18)22-19(16-23-20-12-7-15-27-20)28-21(24-22)14-13-17-8-3-1-4-9-17/h1-15,23H,16H2. The number of oxazole rings is 1. The van der Waals surface area contributed by atoms with Crippen LogP contribution in [0.3, 0.4) is 0 Å². The largest absolute Gasteiger partial charge is 0.449 e. The average Bonchev–Trinajstić information content (AvgIpc) is 3.42. The zero-order valence-electron chi connectivity index (χ0n) is 15.4. The maximum absolute atomic E-state index is 13.1. The van der Waals surface area contributed by atoms with E-state index in [-0.39, 0.29) is 28.1 Å². The van der Waals surface area contributed by atoms with Crippen LogP contribution in [0.15, 0.2) is 97.8 Å². The summed E-state index contributed by atoms with van der Waals surface area (Å²) in [6, 6.07) is 21.3. The Morgan fingerprint density at radius 1 is 0.897 bits per heavy atom. The van der Waals surface area contributed by atoms with Gasteiger partial charge in [-0.3, -0.25) is 0 Å².